The van der Waals surface area contributed by atoms with Gasteiger partial charge in [0.15, 0.2) is 0 Å². The molecule has 0 bridgehead atoms. The number of nitrogens with two attached hydrogens (primary N) is 1. The van der Waals surface area contributed by atoms with Crippen LogP contribution in [0.15, 0.2) is 34.8 Å². The molecule has 0 radical (unpaired) electrons. The molecule has 20 heavy (non-hydrogen) atoms. The highest BCUT2D eigenvalue weighted by atomic mass is 79.9. The standard InChI is InChI=1S/C14H10BrClFN3/c1-7-4-8(15)2-3-12(7)20-13-5-9(16)10(17)6-11(13)19-14(20)18/h2-6H,1H3,(H2,18,19). The van der Waals surface area contributed by atoms with E-state index in [1.54, 1.807) is 4.57 Å². The van der Waals surface area contributed by atoms with Gasteiger partial charge in [-0.1, -0.05) is 27.5 Å². The van der Waals surface area contributed by atoms with Gasteiger partial charge in [0.05, 0.1) is 21.7 Å². The van der Waals surface area contributed by atoms with Crippen LogP contribution in [0, 0.1) is 12.7 Å². The normalized spacial score (nSPS) is 11.2. The number of aryl methyl sites for hydroxylation is 1. The Labute approximate surface area is 128 Å². The Balaban J connectivity index is 2.35. The van der Waals surface area contributed by atoms with Gasteiger partial charge in [-0.3, -0.25) is 4.57 Å². The number of nitrogen functional groups attached to an aromatic ring is 1. The number of imidazole rings is 1. The smallest absolute Gasteiger partial charge is 0.205 e. The van der Waals surface area contributed by atoms with Crippen molar-refractivity contribution < 1.29 is 4.39 Å². The zero-order valence-corrected chi connectivity index (χ0v) is 12.8. The highest BCUT2D eigenvalue weighted by Gasteiger charge is 2.14. The third kappa shape index (κ3) is 2.07. The van der Waals surface area contributed by atoms with Gasteiger partial charge >= 0.3 is 0 Å². The quantitative estimate of drug-likeness (QED) is 0.700. The van der Waals surface area contributed by atoms with Crippen LogP contribution in [0.2, 0.25) is 5.02 Å². The zero-order chi connectivity index (χ0) is 14.4. The fourth-order valence-electron chi connectivity index (χ4n) is 2.21. The van der Waals surface area contributed by atoms with Crippen molar-refractivity contribution in [2.24, 2.45) is 0 Å². The van der Waals surface area contributed by atoms with Crippen molar-refractivity contribution in [2.45, 2.75) is 6.92 Å². The van der Waals surface area contributed by atoms with Crippen molar-refractivity contribution in [3.63, 3.8) is 0 Å². The topological polar surface area (TPSA) is 43.8 Å². The molecule has 2 N–H and O–H groups in total. The molecular formula is C14H10BrClFN3. The van der Waals surface area contributed by atoms with E-state index >= 15 is 0 Å². The number of hydrogen-bond acceptors (Lipinski definition) is 2. The molecule has 6 heteroatoms. The fraction of sp³-hybridized carbons (Fsp3) is 0.0714. The fourth-order valence-corrected chi connectivity index (χ4v) is 2.85. The molecule has 0 atom stereocenters. The first-order valence-corrected chi connectivity index (χ1v) is 7.04. The molecule has 0 aliphatic rings. The van der Waals surface area contributed by atoms with E-state index in [1.165, 1.54) is 12.1 Å². The second-order valence-corrected chi connectivity index (χ2v) is 5.81. The van der Waals surface area contributed by atoms with Crippen molar-refractivity contribution in [3.8, 4) is 5.69 Å². The van der Waals surface area contributed by atoms with Crippen molar-refractivity contribution in [2.75, 3.05) is 5.73 Å². The molecule has 0 unspecified atom stereocenters. The molecule has 3 nitrogen and oxygen atoms in total. The molecule has 1 heterocycles. The maximum absolute atomic E-state index is 13.5. The molecule has 0 aliphatic heterocycles. The summed E-state index contributed by atoms with van der Waals surface area (Å²) in [6.45, 7) is 1.97. The maximum atomic E-state index is 13.5. The molecule has 0 fully saturated rings. The molecule has 2 aromatic carbocycles. The molecule has 3 rings (SSSR count). The number of rotatable bonds is 1. The number of hydrogen-bond donors (Lipinski definition) is 1. The van der Waals surface area contributed by atoms with Crippen molar-refractivity contribution in [3.05, 3.63) is 51.2 Å². The summed E-state index contributed by atoms with van der Waals surface area (Å²) in [5.41, 5.74) is 9.03. The first-order chi connectivity index (χ1) is 9.47. The van der Waals surface area contributed by atoms with Crippen molar-refractivity contribution in [1.82, 2.24) is 9.55 Å². The molecule has 0 aliphatic carbocycles. The predicted octanol–water partition coefficient (Wildman–Crippen LogP) is 4.47. The van der Waals surface area contributed by atoms with E-state index in [1.807, 2.05) is 25.1 Å². The lowest BCUT2D eigenvalue weighted by Crippen LogP contribution is -2.02. The Morgan fingerprint density at radius 3 is 2.75 bits per heavy atom. The van der Waals surface area contributed by atoms with E-state index in [0.29, 0.717) is 17.0 Å². The number of nitrogens with zero attached hydrogens (tertiary/aromatic N) is 2. The van der Waals surface area contributed by atoms with Gasteiger partial charge in [0.25, 0.3) is 0 Å². The Morgan fingerprint density at radius 2 is 2.05 bits per heavy atom. The van der Waals surface area contributed by atoms with E-state index in [0.717, 1.165) is 15.7 Å². The minimum absolute atomic E-state index is 0.0495. The van der Waals surface area contributed by atoms with Crippen LogP contribution in [0.5, 0.6) is 0 Å². The average Bonchev–Trinajstić information content (AvgIpc) is 2.66. The second-order valence-electron chi connectivity index (χ2n) is 4.49. The van der Waals surface area contributed by atoms with Crippen LogP contribution in [0.3, 0.4) is 0 Å². The van der Waals surface area contributed by atoms with E-state index < -0.39 is 5.82 Å². The van der Waals surface area contributed by atoms with Gasteiger partial charge in [-0.05, 0) is 36.8 Å². The summed E-state index contributed by atoms with van der Waals surface area (Å²) in [5, 5.41) is 0.0495. The number of fused-ring (bicyclic) bond motifs is 1. The van der Waals surface area contributed by atoms with Crippen LogP contribution in [-0.4, -0.2) is 9.55 Å². The summed E-state index contributed by atoms with van der Waals surface area (Å²) in [4.78, 5) is 4.19. The summed E-state index contributed by atoms with van der Waals surface area (Å²) in [5.74, 6) is -0.205. The zero-order valence-electron chi connectivity index (χ0n) is 10.5. The molecule has 102 valence electrons. The van der Waals surface area contributed by atoms with E-state index in [-0.39, 0.29) is 5.02 Å². The average molecular weight is 355 g/mol. The minimum Gasteiger partial charge on any atom is -0.369 e. The lowest BCUT2D eigenvalue weighted by Gasteiger charge is -2.10. The van der Waals surface area contributed by atoms with Crippen LogP contribution >= 0.6 is 27.5 Å². The number of halogens is 3. The number of aromatic nitrogens is 2. The van der Waals surface area contributed by atoms with Gasteiger partial charge in [0, 0.05) is 10.5 Å². The summed E-state index contributed by atoms with van der Waals surface area (Å²) in [7, 11) is 0. The van der Waals surface area contributed by atoms with E-state index in [4.69, 9.17) is 17.3 Å². The highest BCUT2D eigenvalue weighted by Crippen LogP contribution is 2.29. The summed E-state index contributed by atoms with van der Waals surface area (Å²) in [6.07, 6.45) is 0. The monoisotopic (exact) mass is 353 g/mol. The highest BCUT2D eigenvalue weighted by molar-refractivity contribution is 9.10. The Hall–Kier alpha value is -1.59. The van der Waals surface area contributed by atoms with Gasteiger partial charge in [-0.25, -0.2) is 9.37 Å². The second kappa shape index (κ2) is 4.75. The van der Waals surface area contributed by atoms with Gasteiger partial charge in [-0.15, -0.1) is 0 Å². The minimum atomic E-state index is -0.503. The number of benzene rings is 2. The van der Waals surface area contributed by atoms with Crippen LogP contribution in [0.4, 0.5) is 10.3 Å². The molecule has 0 spiro atoms. The van der Waals surface area contributed by atoms with Gasteiger partial charge < -0.3 is 5.73 Å². The summed E-state index contributed by atoms with van der Waals surface area (Å²) < 4.78 is 16.2. The SMILES string of the molecule is Cc1cc(Br)ccc1-n1c(N)nc2cc(F)c(Cl)cc21. The maximum Gasteiger partial charge on any atom is 0.205 e. The van der Waals surface area contributed by atoms with Gasteiger partial charge in [-0.2, -0.15) is 0 Å². The van der Waals surface area contributed by atoms with Crippen LogP contribution in [0.1, 0.15) is 5.56 Å². The Morgan fingerprint density at radius 1 is 1.30 bits per heavy atom. The first kappa shape index (κ1) is 13.4. The number of anilines is 1. The van der Waals surface area contributed by atoms with Crippen LogP contribution in [-0.2, 0) is 0 Å². The molecule has 0 amide bonds. The Kier molecular flexibility index (Phi) is 3.18. The third-order valence-corrected chi connectivity index (χ3v) is 3.91. The van der Waals surface area contributed by atoms with E-state index in [9.17, 15) is 4.39 Å². The molecule has 0 saturated heterocycles. The van der Waals surface area contributed by atoms with E-state index in [2.05, 4.69) is 20.9 Å². The molecule has 1 aromatic heterocycles. The Bertz CT molecular complexity index is 829. The third-order valence-electron chi connectivity index (χ3n) is 3.12. The lowest BCUT2D eigenvalue weighted by atomic mass is 10.2. The predicted molar refractivity (Wildman–Crippen MR) is 82.9 cm³/mol. The molecular weight excluding hydrogens is 345 g/mol. The van der Waals surface area contributed by atoms with Gasteiger partial charge in [0.2, 0.25) is 5.95 Å². The first-order valence-electron chi connectivity index (χ1n) is 5.87. The largest absolute Gasteiger partial charge is 0.369 e. The summed E-state index contributed by atoms with van der Waals surface area (Å²) in [6, 6.07) is 8.65. The summed E-state index contributed by atoms with van der Waals surface area (Å²) >= 11 is 9.28. The lowest BCUT2D eigenvalue weighted by molar-refractivity contribution is 0.630. The van der Waals surface area contributed by atoms with Crippen LogP contribution < -0.4 is 5.73 Å². The van der Waals surface area contributed by atoms with Crippen LogP contribution in [0.25, 0.3) is 16.7 Å². The molecule has 0 saturated carbocycles. The van der Waals surface area contributed by atoms with Crippen molar-refractivity contribution in [1.29, 1.82) is 0 Å². The van der Waals surface area contributed by atoms with Crippen molar-refractivity contribution >= 4 is 44.5 Å². The van der Waals surface area contributed by atoms with Gasteiger partial charge in [0.1, 0.15) is 5.82 Å². The molecule has 3 aromatic rings.